The minimum Gasteiger partial charge on any atom is -0.394 e. The molecular weight excluding hydrogens is 256 g/mol. The van der Waals surface area contributed by atoms with E-state index >= 15 is 0 Å². The van der Waals surface area contributed by atoms with Gasteiger partial charge in [-0.25, -0.2) is 4.98 Å². The monoisotopic (exact) mass is 280 g/mol. The lowest BCUT2D eigenvalue weighted by Crippen LogP contribution is -2.47. The Balaban J connectivity index is 2.13. The van der Waals surface area contributed by atoms with Crippen LogP contribution in [0.3, 0.4) is 0 Å². The average Bonchev–Trinajstić information content (AvgIpc) is 2.49. The van der Waals surface area contributed by atoms with Gasteiger partial charge in [-0.3, -0.25) is 0 Å². The number of anilines is 2. The second-order valence-electron chi connectivity index (χ2n) is 5.33. The van der Waals surface area contributed by atoms with Gasteiger partial charge in [0.25, 0.3) is 0 Å². The van der Waals surface area contributed by atoms with Crippen molar-refractivity contribution in [2.75, 3.05) is 37.0 Å². The predicted molar refractivity (Wildman–Crippen MR) is 79.0 cm³/mol. The van der Waals surface area contributed by atoms with Crippen LogP contribution >= 0.6 is 0 Å². The largest absolute Gasteiger partial charge is 0.394 e. The van der Waals surface area contributed by atoms with Crippen molar-refractivity contribution in [1.29, 1.82) is 0 Å². The molecule has 1 fully saturated rings. The number of aryl methyl sites for hydroxylation is 1. The molecule has 0 aromatic carbocycles. The number of ether oxygens (including phenoxy) is 1. The molecule has 1 aliphatic heterocycles. The van der Waals surface area contributed by atoms with E-state index in [-0.39, 0.29) is 12.1 Å². The Labute approximate surface area is 120 Å². The lowest BCUT2D eigenvalue weighted by molar-refractivity contribution is 0.0378. The summed E-state index contributed by atoms with van der Waals surface area (Å²) < 4.78 is 5.38. The number of hydrogen-bond acceptors (Lipinski definition) is 6. The third kappa shape index (κ3) is 3.58. The minimum absolute atomic E-state index is 0.0809. The second-order valence-corrected chi connectivity index (χ2v) is 5.33. The lowest BCUT2D eigenvalue weighted by atomic mass is 9.91. The van der Waals surface area contributed by atoms with Crippen molar-refractivity contribution in [1.82, 2.24) is 9.97 Å². The van der Waals surface area contributed by atoms with Crippen LogP contribution in [0.1, 0.15) is 31.7 Å². The van der Waals surface area contributed by atoms with Crippen LogP contribution < -0.4 is 10.6 Å². The molecule has 0 amide bonds. The fourth-order valence-electron chi connectivity index (χ4n) is 2.23. The Bertz CT molecular complexity index is 433. The molecule has 20 heavy (non-hydrogen) atoms. The van der Waals surface area contributed by atoms with Crippen molar-refractivity contribution in [2.24, 2.45) is 0 Å². The second kappa shape index (κ2) is 6.85. The summed E-state index contributed by atoms with van der Waals surface area (Å²) in [6.07, 6.45) is 4.39. The van der Waals surface area contributed by atoms with E-state index in [9.17, 15) is 5.11 Å². The summed E-state index contributed by atoms with van der Waals surface area (Å²) in [4.78, 5) is 8.78. The minimum atomic E-state index is -0.334. The Morgan fingerprint density at radius 3 is 2.80 bits per heavy atom. The quantitative estimate of drug-likeness (QED) is 0.734. The highest BCUT2D eigenvalue weighted by atomic mass is 16.5. The number of nitrogens with zero attached hydrogens (tertiary/aromatic N) is 2. The molecule has 0 aliphatic carbocycles. The third-order valence-electron chi connectivity index (χ3n) is 3.64. The van der Waals surface area contributed by atoms with Crippen LogP contribution in [0.4, 0.5) is 11.8 Å². The topological polar surface area (TPSA) is 79.3 Å². The maximum atomic E-state index is 9.73. The normalized spacial score (nSPS) is 17.8. The molecule has 0 spiro atoms. The van der Waals surface area contributed by atoms with Gasteiger partial charge in [0.05, 0.1) is 12.1 Å². The van der Waals surface area contributed by atoms with Crippen LogP contribution in [0, 0.1) is 6.92 Å². The lowest BCUT2D eigenvalue weighted by Gasteiger charge is -2.37. The highest BCUT2D eigenvalue weighted by Crippen LogP contribution is 2.26. The molecule has 6 nitrogen and oxygen atoms in total. The van der Waals surface area contributed by atoms with Crippen molar-refractivity contribution in [3.8, 4) is 0 Å². The van der Waals surface area contributed by atoms with Gasteiger partial charge in [0.1, 0.15) is 5.82 Å². The number of rotatable bonds is 6. The molecule has 6 heteroatoms. The first-order chi connectivity index (χ1) is 9.69. The maximum absolute atomic E-state index is 9.73. The van der Waals surface area contributed by atoms with Gasteiger partial charge < -0.3 is 20.5 Å². The number of nitrogens with one attached hydrogen (secondary N) is 2. The first kappa shape index (κ1) is 15.0. The molecule has 0 bridgehead atoms. The van der Waals surface area contributed by atoms with Gasteiger partial charge in [0.15, 0.2) is 0 Å². The van der Waals surface area contributed by atoms with Crippen LogP contribution in [-0.2, 0) is 4.74 Å². The van der Waals surface area contributed by atoms with E-state index in [0.717, 1.165) is 37.2 Å². The molecule has 0 atom stereocenters. The maximum Gasteiger partial charge on any atom is 0.224 e. The summed E-state index contributed by atoms with van der Waals surface area (Å²) in [5, 5.41) is 16.3. The van der Waals surface area contributed by atoms with E-state index in [1.54, 1.807) is 6.20 Å². The van der Waals surface area contributed by atoms with Crippen LogP contribution in [0.5, 0.6) is 0 Å². The van der Waals surface area contributed by atoms with Crippen LogP contribution in [0.25, 0.3) is 0 Å². The molecule has 2 rings (SSSR count). The standard InChI is InChI=1S/C14H24N4O2/c1-3-6-15-13-16-9-11(2)12(17-13)18-14(10-19)4-7-20-8-5-14/h9,19H,3-8,10H2,1-2H3,(H2,15,16,17,18). The fourth-order valence-corrected chi connectivity index (χ4v) is 2.23. The van der Waals surface area contributed by atoms with Crippen molar-refractivity contribution in [2.45, 2.75) is 38.6 Å². The summed E-state index contributed by atoms with van der Waals surface area (Å²) in [6.45, 7) is 6.33. The molecular formula is C14H24N4O2. The van der Waals surface area contributed by atoms with Crippen molar-refractivity contribution in [3.63, 3.8) is 0 Å². The zero-order valence-corrected chi connectivity index (χ0v) is 12.3. The smallest absolute Gasteiger partial charge is 0.224 e. The van der Waals surface area contributed by atoms with Gasteiger partial charge in [0, 0.05) is 31.5 Å². The molecule has 1 aromatic rings. The van der Waals surface area contributed by atoms with Crippen molar-refractivity contribution in [3.05, 3.63) is 11.8 Å². The van der Waals surface area contributed by atoms with Gasteiger partial charge in [-0.05, 0) is 26.2 Å². The Morgan fingerprint density at radius 2 is 2.15 bits per heavy atom. The zero-order valence-electron chi connectivity index (χ0n) is 12.3. The summed E-state index contributed by atoms with van der Waals surface area (Å²) >= 11 is 0. The Kier molecular flexibility index (Phi) is 5.14. The van der Waals surface area contributed by atoms with E-state index in [2.05, 4.69) is 27.5 Å². The van der Waals surface area contributed by atoms with Gasteiger partial charge in [0.2, 0.25) is 5.95 Å². The molecule has 0 saturated carbocycles. The van der Waals surface area contributed by atoms with Crippen molar-refractivity contribution < 1.29 is 9.84 Å². The van der Waals surface area contributed by atoms with Crippen molar-refractivity contribution >= 4 is 11.8 Å². The molecule has 0 radical (unpaired) electrons. The number of aromatic nitrogens is 2. The molecule has 2 heterocycles. The zero-order chi connectivity index (χ0) is 14.4. The highest BCUT2D eigenvalue weighted by molar-refractivity contribution is 5.48. The fraction of sp³-hybridized carbons (Fsp3) is 0.714. The molecule has 3 N–H and O–H groups in total. The molecule has 1 aliphatic rings. The van der Waals surface area contributed by atoms with E-state index in [1.807, 2.05) is 6.92 Å². The Morgan fingerprint density at radius 1 is 1.40 bits per heavy atom. The number of hydrogen-bond donors (Lipinski definition) is 3. The van der Waals surface area contributed by atoms with Crippen LogP contribution in [-0.4, -0.2) is 47.0 Å². The predicted octanol–water partition coefficient (Wildman–Crippen LogP) is 1.56. The van der Waals surface area contributed by atoms with E-state index in [0.29, 0.717) is 19.2 Å². The number of aliphatic hydroxyl groups is 1. The first-order valence-electron chi connectivity index (χ1n) is 7.23. The van der Waals surface area contributed by atoms with E-state index in [4.69, 9.17) is 4.74 Å². The molecule has 1 saturated heterocycles. The summed E-state index contributed by atoms with van der Waals surface area (Å²) in [5.74, 6) is 1.41. The molecule has 112 valence electrons. The molecule has 1 aromatic heterocycles. The summed E-state index contributed by atoms with van der Waals surface area (Å²) in [5.41, 5.74) is 0.644. The van der Waals surface area contributed by atoms with Crippen LogP contribution in [0.15, 0.2) is 6.20 Å². The SMILES string of the molecule is CCCNc1ncc(C)c(NC2(CO)CCOCC2)n1. The summed E-state index contributed by atoms with van der Waals surface area (Å²) in [7, 11) is 0. The van der Waals surface area contributed by atoms with E-state index < -0.39 is 0 Å². The average molecular weight is 280 g/mol. The van der Waals surface area contributed by atoms with Gasteiger partial charge in [-0.15, -0.1) is 0 Å². The highest BCUT2D eigenvalue weighted by Gasteiger charge is 2.32. The molecule has 0 unspecified atom stereocenters. The summed E-state index contributed by atoms with van der Waals surface area (Å²) in [6, 6.07) is 0. The first-order valence-corrected chi connectivity index (χ1v) is 7.23. The number of aliphatic hydroxyl groups excluding tert-OH is 1. The van der Waals surface area contributed by atoms with E-state index in [1.165, 1.54) is 0 Å². The van der Waals surface area contributed by atoms with Crippen LogP contribution in [0.2, 0.25) is 0 Å². The van der Waals surface area contributed by atoms with Gasteiger partial charge >= 0.3 is 0 Å². The third-order valence-corrected chi connectivity index (χ3v) is 3.64. The Hall–Kier alpha value is -1.40. The van der Waals surface area contributed by atoms with Gasteiger partial charge in [-0.2, -0.15) is 4.98 Å². The van der Waals surface area contributed by atoms with Gasteiger partial charge in [-0.1, -0.05) is 6.92 Å².